The van der Waals surface area contributed by atoms with Crippen molar-refractivity contribution in [2.24, 2.45) is 0 Å². The minimum absolute atomic E-state index is 0.0285. The van der Waals surface area contributed by atoms with Crippen molar-refractivity contribution >= 4 is 5.91 Å². The highest BCUT2D eigenvalue weighted by Gasteiger charge is 2.39. The molecular weight excluding hydrogens is 243 g/mol. The minimum atomic E-state index is -0.617. The Morgan fingerprint density at radius 3 is 2.58 bits per heavy atom. The first kappa shape index (κ1) is 14.0. The molecule has 0 aliphatic heterocycles. The Bertz CT molecular complexity index is 469. The first-order valence-corrected chi connectivity index (χ1v) is 6.69. The van der Waals surface area contributed by atoms with Crippen molar-refractivity contribution in [3.8, 4) is 0 Å². The van der Waals surface area contributed by atoms with Gasteiger partial charge in [-0.2, -0.15) is 0 Å². The Morgan fingerprint density at radius 1 is 1.42 bits per heavy atom. The van der Waals surface area contributed by atoms with Crippen molar-refractivity contribution in [3.63, 3.8) is 0 Å². The number of carbonyl (C=O) groups excluding carboxylic acids is 1. The lowest BCUT2D eigenvalue weighted by Gasteiger charge is -2.32. The number of benzene rings is 1. The summed E-state index contributed by atoms with van der Waals surface area (Å²) in [6.45, 7) is 4.05. The first-order valence-electron chi connectivity index (χ1n) is 6.69. The average Bonchev–Trinajstić information content (AvgIpc) is 3.21. The summed E-state index contributed by atoms with van der Waals surface area (Å²) < 4.78 is 13.7. The van der Waals surface area contributed by atoms with Gasteiger partial charge in [-0.3, -0.25) is 4.79 Å². The van der Waals surface area contributed by atoms with E-state index in [0.717, 1.165) is 12.8 Å². The maximum Gasteiger partial charge on any atom is 0.242 e. The zero-order chi connectivity index (χ0) is 14.0. The first-order chi connectivity index (χ1) is 8.95. The van der Waals surface area contributed by atoms with Gasteiger partial charge in [-0.05, 0) is 39.8 Å². The zero-order valence-corrected chi connectivity index (χ0v) is 11.7. The van der Waals surface area contributed by atoms with Gasteiger partial charge < -0.3 is 10.2 Å². The lowest BCUT2D eigenvalue weighted by atomic mass is 10.0. The monoisotopic (exact) mass is 264 g/mol. The molecule has 0 radical (unpaired) electrons. The largest absolute Gasteiger partial charge is 0.334 e. The molecule has 0 atom stereocenters. The molecule has 3 nitrogen and oxygen atoms in total. The predicted octanol–water partition coefficient (Wildman–Crippen LogP) is 2.31. The van der Waals surface area contributed by atoms with Gasteiger partial charge in [-0.25, -0.2) is 4.39 Å². The fraction of sp³-hybridized carbons (Fsp3) is 0.533. The van der Waals surface area contributed by atoms with Gasteiger partial charge in [-0.15, -0.1) is 0 Å². The molecule has 19 heavy (non-hydrogen) atoms. The number of hydrogen-bond donors (Lipinski definition) is 1. The van der Waals surface area contributed by atoms with Crippen molar-refractivity contribution in [1.82, 2.24) is 10.2 Å². The van der Waals surface area contributed by atoms with Gasteiger partial charge in [0.1, 0.15) is 5.82 Å². The summed E-state index contributed by atoms with van der Waals surface area (Å²) >= 11 is 0. The number of halogens is 1. The van der Waals surface area contributed by atoms with Gasteiger partial charge in [0.2, 0.25) is 5.91 Å². The second kappa shape index (κ2) is 5.29. The lowest BCUT2D eigenvalue weighted by molar-refractivity contribution is -0.138. The highest BCUT2D eigenvalue weighted by atomic mass is 19.1. The van der Waals surface area contributed by atoms with Gasteiger partial charge in [0, 0.05) is 18.2 Å². The van der Waals surface area contributed by atoms with E-state index < -0.39 is 5.54 Å². The number of carbonyl (C=O) groups is 1. The van der Waals surface area contributed by atoms with E-state index in [1.807, 2.05) is 13.8 Å². The van der Waals surface area contributed by atoms with Crippen LogP contribution in [0.5, 0.6) is 0 Å². The lowest BCUT2D eigenvalue weighted by Crippen LogP contribution is -2.53. The Balaban J connectivity index is 2.18. The summed E-state index contributed by atoms with van der Waals surface area (Å²) in [5.41, 5.74) is -0.0388. The molecule has 1 aromatic carbocycles. The summed E-state index contributed by atoms with van der Waals surface area (Å²) in [5, 5.41) is 3.02. The van der Waals surface area contributed by atoms with Crippen LogP contribution in [0.25, 0.3) is 0 Å². The van der Waals surface area contributed by atoms with Gasteiger partial charge >= 0.3 is 0 Å². The Hall–Kier alpha value is -1.42. The predicted molar refractivity (Wildman–Crippen MR) is 73.1 cm³/mol. The van der Waals surface area contributed by atoms with Gasteiger partial charge in [0.25, 0.3) is 0 Å². The highest BCUT2D eigenvalue weighted by Crippen LogP contribution is 2.30. The number of hydrogen-bond acceptors (Lipinski definition) is 2. The molecule has 0 bridgehead atoms. The van der Waals surface area contributed by atoms with Crippen LogP contribution in [0, 0.1) is 5.82 Å². The van der Waals surface area contributed by atoms with E-state index >= 15 is 0 Å². The van der Waals surface area contributed by atoms with Gasteiger partial charge in [0.05, 0.1) is 5.54 Å². The zero-order valence-electron chi connectivity index (χ0n) is 11.7. The van der Waals surface area contributed by atoms with Crippen molar-refractivity contribution in [2.45, 2.75) is 44.8 Å². The molecule has 104 valence electrons. The van der Waals surface area contributed by atoms with Crippen molar-refractivity contribution in [1.29, 1.82) is 0 Å². The van der Waals surface area contributed by atoms with Crippen LogP contribution in [-0.4, -0.2) is 29.4 Å². The molecule has 1 N–H and O–H groups in total. The van der Waals surface area contributed by atoms with E-state index in [-0.39, 0.29) is 17.8 Å². The van der Waals surface area contributed by atoms with Crippen molar-refractivity contribution in [3.05, 3.63) is 35.6 Å². The van der Waals surface area contributed by atoms with Crippen molar-refractivity contribution < 1.29 is 9.18 Å². The molecule has 1 aliphatic rings. The van der Waals surface area contributed by atoms with E-state index in [1.54, 1.807) is 30.1 Å². The third-order valence-electron chi connectivity index (χ3n) is 3.71. The molecule has 0 spiro atoms. The number of likely N-dealkylation sites (N-methyl/N-ethyl adjacent to an activating group) is 1. The van der Waals surface area contributed by atoms with E-state index in [9.17, 15) is 9.18 Å². The standard InChI is InChI=1S/C15H21FN2O/c1-15(2,17-3)14(19)18(12-8-9-12)10-11-6-4-5-7-13(11)16/h4-7,12,17H,8-10H2,1-3H3. The SMILES string of the molecule is CNC(C)(C)C(=O)N(Cc1ccccc1F)C1CC1. The molecule has 0 saturated heterocycles. The fourth-order valence-corrected chi connectivity index (χ4v) is 2.03. The second-order valence-corrected chi connectivity index (χ2v) is 5.63. The summed E-state index contributed by atoms with van der Waals surface area (Å²) in [4.78, 5) is 14.3. The van der Waals surface area contributed by atoms with E-state index in [2.05, 4.69) is 5.32 Å². The van der Waals surface area contributed by atoms with Crippen LogP contribution in [0.2, 0.25) is 0 Å². The smallest absolute Gasteiger partial charge is 0.242 e. The molecule has 1 aliphatic carbocycles. The minimum Gasteiger partial charge on any atom is -0.334 e. The third-order valence-corrected chi connectivity index (χ3v) is 3.71. The molecule has 1 fully saturated rings. The Labute approximate surface area is 113 Å². The van der Waals surface area contributed by atoms with Crippen LogP contribution >= 0.6 is 0 Å². The summed E-state index contributed by atoms with van der Waals surface area (Å²) in [6, 6.07) is 6.91. The maximum atomic E-state index is 13.7. The molecule has 0 unspecified atom stereocenters. The molecule has 0 heterocycles. The topological polar surface area (TPSA) is 32.3 Å². The van der Waals surface area contributed by atoms with E-state index in [0.29, 0.717) is 12.1 Å². The summed E-state index contributed by atoms with van der Waals surface area (Å²) in [5.74, 6) is -0.219. The summed E-state index contributed by atoms with van der Waals surface area (Å²) in [6.07, 6.45) is 2.03. The highest BCUT2D eigenvalue weighted by molar-refractivity contribution is 5.86. The quantitative estimate of drug-likeness (QED) is 0.885. The van der Waals surface area contributed by atoms with Crippen LogP contribution in [0.1, 0.15) is 32.3 Å². The maximum absolute atomic E-state index is 13.7. The van der Waals surface area contributed by atoms with Crippen LogP contribution < -0.4 is 5.32 Å². The molecule has 1 saturated carbocycles. The Morgan fingerprint density at radius 2 is 2.05 bits per heavy atom. The molecule has 1 aromatic rings. The van der Waals surface area contributed by atoms with Crippen LogP contribution in [0.3, 0.4) is 0 Å². The molecule has 2 rings (SSSR count). The molecule has 1 amide bonds. The number of rotatable bonds is 5. The van der Waals surface area contributed by atoms with Crippen LogP contribution in [-0.2, 0) is 11.3 Å². The van der Waals surface area contributed by atoms with Crippen molar-refractivity contribution in [2.75, 3.05) is 7.05 Å². The van der Waals surface area contributed by atoms with Gasteiger partial charge in [-0.1, -0.05) is 18.2 Å². The van der Waals surface area contributed by atoms with Crippen LogP contribution in [0.4, 0.5) is 4.39 Å². The fourth-order valence-electron chi connectivity index (χ4n) is 2.03. The number of amides is 1. The average molecular weight is 264 g/mol. The third kappa shape index (κ3) is 3.13. The number of nitrogens with one attached hydrogen (secondary N) is 1. The van der Waals surface area contributed by atoms with E-state index in [1.165, 1.54) is 6.07 Å². The van der Waals surface area contributed by atoms with Crippen LogP contribution in [0.15, 0.2) is 24.3 Å². The molecule has 4 heteroatoms. The molecule has 0 aromatic heterocycles. The summed E-state index contributed by atoms with van der Waals surface area (Å²) in [7, 11) is 1.77. The second-order valence-electron chi connectivity index (χ2n) is 5.63. The Kier molecular flexibility index (Phi) is 3.90. The van der Waals surface area contributed by atoms with Gasteiger partial charge in [0.15, 0.2) is 0 Å². The number of nitrogens with zero attached hydrogens (tertiary/aromatic N) is 1. The normalized spacial score (nSPS) is 15.4. The molecular formula is C15H21FN2O. The van der Waals surface area contributed by atoms with E-state index in [4.69, 9.17) is 0 Å².